The van der Waals surface area contributed by atoms with Gasteiger partial charge in [0.15, 0.2) is 5.16 Å². The minimum Gasteiger partial charge on any atom is -0.368 e. The van der Waals surface area contributed by atoms with Gasteiger partial charge in [-0.25, -0.2) is 12.7 Å². The Kier molecular flexibility index (Phi) is 6.03. The van der Waals surface area contributed by atoms with Gasteiger partial charge in [-0.3, -0.25) is 9.36 Å². The zero-order valence-electron chi connectivity index (χ0n) is 14.1. The van der Waals surface area contributed by atoms with Gasteiger partial charge in [0.2, 0.25) is 21.9 Å². The van der Waals surface area contributed by atoms with E-state index >= 15 is 0 Å². The van der Waals surface area contributed by atoms with E-state index in [2.05, 4.69) is 15.5 Å². The number of anilines is 2. The highest BCUT2D eigenvalue weighted by Crippen LogP contribution is 2.19. The molecule has 1 aromatic carbocycles. The third kappa shape index (κ3) is 4.50. The molecule has 0 spiro atoms. The molecule has 0 bridgehead atoms. The molecule has 2 aromatic rings. The maximum Gasteiger partial charge on any atom is 0.244 e. The normalized spacial score (nSPS) is 11.7. The molecule has 1 amide bonds. The first-order valence-corrected chi connectivity index (χ1v) is 9.82. The lowest BCUT2D eigenvalue weighted by atomic mass is 10.3. The maximum absolute atomic E-state index is 12.2. The van der Waals surface area contributed by atoms with E-state index in [1.807, 2.05) is 6.92 Å². The van der Waals surface area contributed by atoms with Gasteiger partial charge in [-0.15, -0.1) is 10.2 Å². The highest BCUT2D eigenvalue weighted by atomic mass is 32.2. The number of nitrogens with zero attached hydrogens (tertiary/aromatic N) is 4. The van der Waals surface area contributed by atoms with Gasteiger partial charge in [0.05, 0.1) is 4.90 Å². The summed E-state index contributed by atoms with van der Waals surface area (Å²) in [5, 5.41) is 11.0. The van der Waals surface area contributed by atoms with E-state index in [9.17, 15) is 13.2 Å². The molecule has 1 aromatic heterocycles. The second kappa shape index (κ2) is 7.85. The van der Waals surface area contributed by atoms with Crippen LogP contribution in [0.1, 0.15) is 6.92 Å². The molecule has 11 heteroatoms. The molecule has 0 unspecified atom stereocenters. The Morgan fingerprint density at radius 2 is 1.92 bits per heavy atom. The van der Waals surface area contributed by atoms with Gasteiger partial charge in [-0.1, -0.05) is 18.7 Å². The molecule has 0 saturated heterocycles. The molecule has 0 atom stereocenters. The highest BCUT2D eigenvalue weighted by molar-refractivity contribution is 7.99. The highest BCUT2D eigenvalue weighted by Gasteiger charge is 2.17. The first-order chi connectivity index (χ1) is 11.8. The summed E-state index contributed by atoms with van der Waals surface area (Å²) in [7, 11) is -0.582. The standard InChI is InChI=1S/C14H20N6O3S2/c1-4-24-14-18-17-13(15)20(14)9-12(21)16-10-5-7-11(8-6-10)25(22,23)19(2)3/h5-8H,4,9H2,1-3H3,(H2,15,17)(H,16,21). The van der Waals surface area contributed by atoms with Crippen LogP contribution in [-0.2, 0) is 21.4 Å². The van der Waals surface area contributed by atoms with Crippen molar-refractivity contribution in [2.24, 2.45) is 0 Å². The Morgan fingerprint density at radius 1 is 1.28 bits per heavy atom. The van der Waals surface area contributed by atoms with E-state index in [0.29, 0.717) is 10.8 Å². The zero-order chi connectivity index (χ0) is 18.6. The molecule has 0 aliphatic heterocycles. The van der Waals surface area contributed by atoms with Crippen molar-refractivity contribution in [1.82, 2.24) is 19.1 Å². The molecule has 0 fully saturated rings. The number of hydrogen-bond donors (Lipinski definition) is 2. The minimum atomic E-state index is -3.50. The number of nitrogens with two attached hydrogens (primary N) is 1. The van der Waals surface area contributed by atoms with E-state index in [-0.39, 0.29) is 23.3 Å². The molecule has 25 heavy (non-hydrogen) atoms. The largest absolute Gasteiger partial charge is 0.368 e. The molecule has 2 rings (SSSR count). The van der Waals surface area contributed by atoms with Crippen molar-refractivity contribution in [2.75, 3.05) is 30.9 Å². The van der Waals surface area contributed by atoms with Crippen molar-refractivity contribution in [3.05, 3.63) is 24.3 Å². The Balaban J connectivity index is 2.08. The quantitative estimate of drug-likeness (QED) is 0.679. The van der Waals surface area contributed by atoms with E-state index < -0.39 is 10.0 Å². The van der Waals surface area contributed by atoms with Gasteiger partial charge in [0.1, 0.15) is 6.54 Å². The summed E-state index contributed by atoms with van der Waals surface area (Å²) >= 11 is 1.44. The van der Waals surface area contributed by atoms with Crippen molar-refractivity contribution in [3.8, 4) is 0 Å². The van der Waals surface area contributed by atoms with Crippen LogP contribution in [0.2, 0.25) is 0 Å². The fraction of sp³-hybridized carbons (Fsp3) is 0.357. The lowest BCUT2D eigenvalue weighted by Crippen LogP contribution is -2.22. The second-order valence-electron chi connectivity index (χ2n) is 5.22. The molecule has 136 valence electrons. The molecule has 0 aliphatic rings. The van der Waals surface area contributed by atoms with E-state index in [1.54, 1.807) is 0 Å². The summed E-state index contributed by atoms with van der Waals surface area (Å²) in [6.07, 6.45) is 0. The Bertz CT molecular complexity index is 846. The molecule has 0 aliphatic carbocycles. The van der Waals surface area contributed by atoms with Gasteiger partial charge in [0, 0.05) is 19.8 Å². The van der Waals surface area contributed by atoms with E-state index in [4.69, 9.17) is 5.73 Å². The number of benzene rings is 1. The molecule has 0 saturated carbocycles. The number of rotatable bonds is 7. The number of carbonyl (C=O) groups excluding carboxylic acids is 1. The van der Waals surface area contributed by atoms with Crippen LogP contribution < -0.4 is 11.1 Å². The van der Waals surface area contributed by atoms with Crippen LogP contribution in [0.4, 0.5) is 11.6 Å². The fourth-order valence-corrected chi connectivity index (χ4v) is 3.52. The zero-order valence-corrected chi connectivity index (χ0v) is 15.8. The number of carbonyl (C=O) groups is 1. The predicted molar refractivity (Wildman–Crippen MR) is 96.8 cm³/mol. The Labute approximate surface area is 150 Å². The van der Waals surface area contributed by atoms with Gasteiger partial charge in [0.25, 0.3) is 0 Å². The van der Waals surface area contributed by atoms with Gasteiger partial charge < -0.3 is 11.1 Å². The third-order valence-corrected chi connectivity index (χ3v) is 5.92. The number of nitrogen functional groups attached to an aromatic ring is 1. The second-order valence-corrected chi connectivity index (χ2v) is 8.60. The monoisotopic (exact) mass is 384 g/mol. The number of sulfonamides is 1. The van der Waals surface area contributed by atoms with Gasteiger partial charge >= 0.3 is 0 Å². The summed E-state index contributed by atoms with van der Waals surface area (Å²) in [4.78, 5) is 12.4. The van der Waals surface area contributed by atoms with Crippen molar-refractivity contribution in [1.29, 1.82) is 0 Å². The number of nitrogens with one attached hydrogen (secondary N) is 1. The summed E-state index contributed by atoms with van der Waals surface area (Å²) in [6, 6.07) is 5.95. The van der Waals surface area contributed by atoms with Crippen molar-refractivity contribution >= 4 is 39.3 Å². The Hall–Kier alpha value is -2.11. The van der Waals surface area contributed by atoms with Crippen molar-refractivity contribution in [3.63, 3.8) is 0 Å². The van der Waals surface area contributed by atoms with Crippen LogP contribution in [0, 0.1) is 0 Å². The first kappa shape index (κ1) is 19.2. The third-order valence-electron chi connectivity index (χ3n) is 3.24. The van der Waals surface area contributed by atoms with Crippen molar-refractivity contribution < 1.29 is 13.2 Å². The van der Waals surface area contributed by atoms with Crippen molar-refractivity contribution in [2.45, 2.75) is 23.5 Å². The van der Waals surface area contributed by atoms with Gasteiger partial charge in [-0.2, -0.15) is 0 Å². The molecule has 0 radical (unpaired) electrons. The van der Waals surface area contributed by atoms with Crippen LogP contribution >= 0.6 is 11.8 Å². The summed E-state index contributed by atoms with van der Waals surface area (Å²) < 4.78 is 26.7. The smallest absolute Gasteiger partial charge is 0.244 e. The lowest BCUT2D eigenvalue weighted by molar-refractivity contribution is -0.116. The molecule has 1 heterocycles. The van der Waals surface area contributed by atoms with Gasteiger partial charge in [-0.05, 0) is 30.0 Å². The SMILES string of the molecule is CCSc1nnc(N)n1CC(=O)Nc1ccc(S(=O)(=O)N(C)C)cc1. The minimum absolute atomic E-state index is 0.0289. The fourth-order valence-electron chi connectivity index (χ4n) is 1.95. The molecular formula is C14H20N6O3S2. The number of thioether (sulfide) groups is 1. The Morgan fingerprint density at radius 3 is 2.48 bits per heavy atom. The average molecular weight is 384 g/mol. The molecular weight excluding hydrogens is 364 g/mol. The lowest BCUT2D eigenvalue weighted by Gasteiger charge is -2.12. The average Bonchev–Trinajstić information content (AvgIpc) is 2.89. The molecule has 9 nitrogen and oxygen atoms in total. The number of amides is 1. The summed E-state index contributed by atoms with van der Waals surface area (Å²) in [5.74, 6) is 0.632. The summed E-state index contributed by atoms with van der Waals surface area (Å²) in [6.45, 7) is 1.93. The topological polar surface area (TPSA) is 123 Å². The van der Waals surface area contributed by atoms with Crippen LogP contribution in [0.5, 0.6) is 0 Å². The van der Waals surface area contributed by atoms with Crippen LogP contribution in [-0.4, -0.2) is 53.2 Å². The van der Waals surface area contributed by atoms with Crippen LogP contribution in [0.3, 0.4) is 0 Å². The van der Waals surface area contributed by atoms with Crippen LogP contribution in [0.15, 0.2) is 34.3 Å². The molecule has 3 N–H and O–H groups in total. The first-order valence-electron chi connectivity index (χ1n) is 7.39. The predicted octanol–water partition coefficient (Wildman–Crippen LogP) is 0.861. The number of aromatic nitrogens is 3. The maximum atomic E-state index is 12.2. The van der Waals surface area contributed by atoms with Crippen LogP contribution in [0.25, 0.3) is 0 Å². The van der Waals surface area contributed by atoms with E-state index in [1.165, 1.54) is 54.7 Å². The van der Waals surface area contributed by atoms with E-state index in [0.717, 1.165) is 10.1 Å². The number of hydrogen-bond acceptors (Lipinski definition) is 7. The summed E-state index contributed by atoms with van der Waals surface area (Å²) in [5.41, 5.74) is 6.22.